The van der Waals surface area contributed by atoms with Crippen LogP contribution < -0.4 is 0 Å². The van der Waals surface area contributed by atoms with E-state index in [0.717, 1.165) is 43.0 Å². The van der Waals surface area contributed by atoms with Crippen LogP contribution in [0.3, 0.4) is 0 Å². The van der Waals surface area contributed by atoms with Gasteiger partial charge in [0.25, 0.3) is 0 Å². The maximum atomic E-state index is 10.7. The largest absolute Gasteiger partial charge is 0.396 e. The van der Waals surface area contributed by atoms with Crippen LogP contribution in [0.2, 0.25) is 0 Å². The molecule has 0 spiro atoms. The number of benzene rings is 1. The van der Waals surface area contributed by atoms with Gasteiger partial charge in [0.2, 0.25) is 0 Å². The molecular weight excluding hydrogens is 214 g/mol. The van der Waals surface area contributed by atoms with Crippen molar-refractivity contribution in [1.82, 2.24) is 4.57 Å². The lowest BCUT2D eigenvalue weighted by atomic mass is 10.2. The van der Waals surface area contributed by atoms with Gasteiger partial charge in [-0.2, -0.15) is 0 Å². The van der Waals surface area contributed by atoms with Crippen LogP contribution in [-0.4, -0.2) is 22.6 Å². The number of aldehydes is 1. The lowest BCUT2D eigenvalue weighted by molar-refractivity contribution is 0.112. The zero-order valence-electron chi connectivity index (χ0n) is 9.80. The third-order valence-corrected chi connectivity index (χ3v) is 2.99. The van der Waals surface area contributed by atoms with Gasteiger partial charge in [-0.15, -0.1) is 0 Å². The molecule has 0 bridgehead atoms. The molecule has 1 N–H and O–H groups in total. The van der Waals surface area contributed by atoms with Crippen LogP contribution in [0, 0.1) is 0 Å². The van der Waals surface area contributed by atoms with Crippen LogP contribution in [0.4, 0.5) is 0 Å². The maximum absolute atomic E-state index is 10.7. The van der Waals surface area contributed by atoms with E-state index in [1.165, 1.54) is 5.52 Å². The van der Waals surface area contributed by atoms with Crippen molar-refractivity contribution in [2.24, 2.45) is 0 Å². The number of carbonyl (C=O) groups excluding carboxylic acids is 1. The Hall–Kier alpha value is -1.61. The van der Waals surface area contributed by atoms with E-state index in [4.69, 9.17) is 5.11 Å². The number of aromatic nitrogens is 1. The number of hydrogen-bond donors (Lipinski definition) is 1. The van der Waals surface area contributed by atoms with Gasteiger partial charge in [-0.05, 0) is 43.5 Å². The Morgan fingerprint density at radius 2 is 2.06 bits per heavy atom. The number of aliphatic hydroxyl groups is 1. The predicted molar refractivity (Wildman–Crippen MR) is 68.3 cm³/mol. The number of nitrogens with zero attached hydrogens (tertiary/aromatic N) is 1. The van der Waals surface area contributed by atoms with Crippen LogP contribution in [0.25, 0.3) is 10.9 Å². The van der Waals surface area contributed by atoms with Gasteiger partial charge in [0, 0.05) is 35.8 Å². The highest BCUT2D eigenvalue weighted by Crippen LogP contribution is 2.17. The molecule has 1 aromatic carbocycles. The van der Waals surface area contributed by atoms with Crippen LogP contribution in [0.15, 0.2) is 30.5 Å². The maximum Gasteiger partial charge on any atom is 0.150 e. The first kappa shape index (κ1) is 11.9. The second-order valence-corrected chi connectivity index (χ2v) is 4.23. The van der Waals surface area contributed by atoms with Crippen molar-refractivity contribution >= 4 is 17.2 Å². The first-order valence-electron chi connectivity index (χ1n) is 6.00. The summed E-state index contributed by atoms with van der Waals surface area (Å²) < 4.78 is 2.20. The van der Waals surface area contributed by atoms with E-state index in [1.807, 2.05) is 24.3 Å². The van der Waals surface area contributed by atoms with Gasteiger partial charge in [-0.25, -0.2) is 0 Å². The molecule has 17 heavy (non-hydrogen) atoms. The third kappa shape index (κ3) is 2.74. The van der Waals surface area contributed by atoms with Gasteiger partial charge in [-0.3, -0.25) is 4.79 Å². The first-order chi connectivity index (χ1) is 8.35. The SMILES string of the molecule is O=Cc1ccc2c(ccn2CCCCCO)c1. The predicted octanol–water partition coefficient (Wildman–Crippen LogP) is 2.62. The Morgan fingerprint density at radius 3 is 2.82 bits per heavy atom. The van der Waals surface area contributed by atoms with Crippen LogP contribution in [0.5, 0.6) is 0 Å². The van der Waals surface area contributed by atoms with E-state index in [1.54, 1.807) is 0 Å². The zero-order valence-corrected chi connectivity index (χ0v) is 9.80. The summed E-state index contributed by atoms with van der Waals surface area (Å²) in [5.74, 6) is 0. The van der Waals surface area contributed by atoms with Crippen molar-refractivity contribution in [1.29, 1.82) is 0 Å². The third-order valence-electron chi connectivity index (χ3n) is 2.99. The summed E-state index contributed by atoms with van der Waals surface area (Å²) in [5, 5.41) is 9.82. The second-order valence-electron chi connectivity index (χ2n) is 4.23. The Balaban J connectivity index is 2.10. The molecule has 0 aliphatic heterocycles. The molecule has 0 radical (unpaired) electrons. The van der Waals surface area contributed by atoms with Gasteiger partial charge in [0.1, 0.15) is 6.29 Å². The van der Waals surface area contributed by atoms with Gasteiger partial charge < -0.3 is 9.67 Å². The Kier molecular flexibility index (Phi) is 3.94. The van der Waals surface area contributed by atoms with Crippen LogP contribution in [-0.2, 0) is 6.54 Å². The van der Waals surface area contributed by atoms with E-state index in [-0.39, 0.29) is 6.61 Å². The molecular formula is C14H17NO2. The average Bonchev–Trinajstić information content (AvgIpc) is 2.77. The highest BCUT2D eigenvalue weighted by Gasteiger charge is 2.01. The Morgan fingerprint density at radius 1 is 1.18 bits per heavy atom. The van der Waals surface area contributed by atoms with E-state index < -0.39 is 0 Å². The van der Waals surface area contributed by atoms with E-state index >= 15 is 0 Å². The molecule has 2 rings (SSSR count). The van der Waals surface area contributed by atoms with Crippen molar-refractivity contribution in [2.45, 2.75) is 25.8 Å². The number of aryl methyl sites for hydroxylation is 1. The molecule has 0 saturated heterocycles. The molecule has 0 aliphatic carbocycles. The summed E-state index contributed by atoms with van der Waals surface area (Å²) in [6.07, 6.45) is 5.91. The van der Waals surface area contributed by atoms with Gasteiger partial charge in [0.05, 0.1) is 0 Å². The smallest absolute Gasteiger partial charge is 0.150 e. The first-order valence-corrected chi connectivity index (χ1v) is 6.00. The molecule has 0 fully saturated rings. The zero-order chi connectivity index (χ0) is 12.1. The van der Waals surface area contributed by atoms with Gasteiger partial charge in [-0.1, -0.05) is 0 Å². The molecule has 0 saturated carbocycles. The lowest BCUT2D eigenvalue weighted by Gasteiger charge is -2.05. The number of unbranched alkanes of at least 4 members (excludes halogenated alkanes) is 2. The fraction of sp³-hybridized carbons (Fsp3) is 0.357. The highest BCUT2D eigenvalue weighted by molar-refractivity contribution is 5.87. The summed E-state index contributed by atoms with van der Waals surface area (Å²) in [6, 6.07) is 7.78. The second kappa shape index (κ2) is 5.64. The molecule has 1 heterocycles. The molecule has 2 aromatic rings. The van der Waals surface area contributed by atoms with Gasteiger partial charge in [0.15, 0.2) is 0 Å². The molecule has 0 amide bonds. The summed E-state index contributed by atoms with van der Waals surface area (Å²) in [6.45, 7) is 1.24. The summed E-state index contributed by atoms with van der Waals surface area (Å²) in [5.41, 5.74) is 1.88. The normalized spacial score (nSPS) is 10.9. The molecule has 3 nitrogen and oxygen atoms in total. The fourth-order valence-corrected chi connectivity index (χ4v) is 2.06. The topological polar surface area (TPSA) is 42.2 Å². The van der Waals surface area contributed by atoms with Crippen molar-refractivity contribution in [3.63, 3.8) is 0 Å². The number of aliphatic hydroxyl groups excluding tert-OH is 1. The molecule has 0 aliphatic rings. The number of carbonyl (C=O) groups is 1. The van der Waals surface area contributed by atoms with Crippen molar-refractivity contribution in [3.05, 3.63) is 36.0 Å². The number of hydrogen-bond acceptors (Lipinski definition) is 2. The molecule has 0 unspecified atom stereocenters. The standard InChI is InChI=1S/C14H17NO2/c16-9-3-1-2-7-15-8-6-13-10-12(11-17)4-5-14(13)15/h4-6,8,10-11,16H,1-3,7,9H2. The van der Waals surface area contributed by atoms with E-state index in [0.29, 0.717) is 0 Å². The molecule has 3 heteroatoms. The van der Waals surface area contributed by atoms with Crippen molar-refractivity contribution < 1.29 is 9.90 Å². The molecule has 1 aromatic heterocycles. The Labute approximate surface area is 101 Å². The number of rotatable bonds is 6. The highest BCUT2D eigenvalue weighted by atomic mass is 16.2. The minimum Gasteiger partial charge on any atom is -0.396 e. The summed E-state index contributed by atoms with van der Waals surface area (Å²) >= 11 is 0. The van der Waals surface area contributed by atoms with Gasteiger partial charge >= 0.3 is 0 Å². The summed E-state index contributed by atoms with van der Waals surface area (Å²) in [7, 11) is 0. The Bertz CT molecular complexity index is 502. The minimum atomic E-state index is 0.273. The van der Waals surface area contributed by atoms with Crippen molar-refractivity contribution in [2.75, 3.05) is 6.61 Å². The van der Waals surface area contributed by atoms with Crippen molar-refractivity contribution in [3.8, 4) is 0 Å². The molecule has 90 valence electrons. The fourth-order valence-electron chi connectivity index (χ4n) is 2.06. The minimum absolute atomic E-state index is 0.273. The quantitative estimate of drug-likeness (QED) is 0.613. The van der Waals surface area contributed by atoms with E-state index in [9.17, 15) is 4.79 Å². The van der Waals surface area contributed by atoms with Crippen LogP contribution in [0.1, 0.15) is 29.6 Å². The van der Waals surface area contributed by atoms with Crippen LogP contribution >= 0.6 is 0 Å². The monoisotopic (exact) mass is 231 g/mol. The van der Waals surface area contributed by atoms with E-state index in [2.05, 4.69) is 10.8 Å². The number of fused-ring (bicyclic) bond motifs is 1. The molecule has 0 atom stereocenters. The summed E-state index contributed by atoms with van der Waals surface area (Å²) in [4.78, 5) is 10.7. The lowest BCUT2D eigenvalue weighted by Crippen LogP contribution is -1.96. The average molecular weight is 231 g/mol.